The zero-order valence-electron chi connectivity index (χ0n) is 16.6. The third-order valence-electron chi connectivity index (χ3n) is 4.93. The summed E-state index contributed by atoms with van der Waals surface area (Å²) in [4.78, 5) is 2.11. The van der Waals surface area contributed by atoms with E-state index in [2.05, 4.69) is 4.72 Å². The van der Waals surface area contributed by atoms with Gasteiger partial charge in [-0.3, -0.25) is 0 Å². The van der Waals surface area contributed by atoms with E-state index in [4.69, 9.17) is 27.9 Å². The van der Waals surface area contributed by atoms with E-state index in [-0.39, 0.29) is 11.0 Å². The summed E-state index contributed by atoms with van der Waals surface area (Å²) < 4.78 is 34.7. The first-order valence-electron chi connectivity index (χ1n) is 9.63. The SMILES string of the molecule is CN(C)CC(NS(=O)(=O)c1ccc(OC2CCCC2)cc1)c1ccc(Cl)c(Cl)c1. The van der Waals surface area contributed by atoms with E-state index >= 15 is 0 Å². The predicted molar refractivity (Wildman–Crippen MR) is 117 cm³/mol. The van der Waals surface area contributed by atoms with Gasteiger partial charge in [0, 0.05) is 6.54 Å². The van der Waals surface area contributed by atoms with Crippen molar-refractivity contribution >= 4 is 33.2 Å². The lowest BCUT2D eigenvalue weighted by Crippen LogP contribution is -2.35. The molecule has 0 aliphatic heterocycles. The number of hydrogen-bond donors (Lipinski definition) is 1. The maximum absolute atomic E-state index is 13.0. The molecule has 0 bridgehead atoms. The van der Waals surface area contributed by atoms with E-state index in [1.165, 1.54) is 12.8 Å². The Morgan fingerprint density at radius 1 is 1.07 bits per heavy atom. The second kappa shape index (κ2) is 9.67. The van der Waals surface area contributed by atoms with Crippen LogP contribution in [0.25, 0.3) is 0 Å². The van der Waals surface area contributed by atoms with E-state index in [1.54, 1.807) is 42.5 Å². The Kier molecular flexibility index (Phi) is 7.46. The monoisotopic (exact) mass is 456 g/mol. The molecule has 0 heterocycles. The van der Waals surface area contributed by atoms with Crippen LogP contribution in [0, 0.1) is 0 Å². The number of hydrogen-bond acceptors (Lipinski definition) is 4. The number of sulfonamides is 1. The minimum atomic E-state index is -3.73. The zero-order valence-corrected chi connectivity index (χ0v) is 18.9. The lowest BCUT2D eigenvalue weighted by atomic mass is 10.1. The molecule has 1 aliphatic rings. The minimum absolute atomic E-state index is 0.195. The van der Waals surface area contributed by atoms with Gasteiger partial charge in [0.15, 0.2) is 0 Å². The third kappa shape index (κ3) is 6.09. The Bertz CT molecular complexity index is 927. The average molecular weight is 457 g/mol. The molecule has 29 heavy (non-hydrogen) atoms. The second-order valence-electron chi connectivity index (χ2n) is 7.61. The molecule has 1 atom stereocenters. The minimum Gasteiger partial charge on any atom is -0.490 e. The molecule has 0 radical (unpaired) electrons. The van der Waals surface area contributed by atoms with Crippen LogP contribution >= 0.6 is 23.2 Å². The molecule has 8 heteroatoms. The van der Waals surface area contributed by atoms with E-state index < -0.39 is 16.1 Å². The average Bonchev–Trinajstić information content (AvgIpc) is 3.16. The van der Waals surface area contributed by atoms with Crippen LogP contribution in [0.1, 0.15) is 37.3 Å². The third-order valence-corrected chi connectivity index (χ3v) is 7.16. The van der Waals surface area contributed by atoms with Gasteiger partial charge in [0.25, 0.3) is 0 Å². The first-order valence-corrected chi connectivity index (χ1v) is 11.9. The van der Waals surface area contributed by atoms with Crippen molar-refractivity contribution < 1.29 is 13.2 Å². The lowest BCUT2D eigenvalue weighted by molar-refractivity contribution is 0.210. The molecule has 2 aromatic rings. The largest absolute Gasteiger partial charge is 0.490 e. The topological polar surface area (TPSA) is 58.6 Å². The highest BCUT2D eigenvalue weighted by molar-refractivity contribution is 7.89. The number of rotatable bonds is 8. The van der Waals surface area contributed by atoms with Crippen molar-refractivity contribution in [1.29, 1.82) is 0 Å². The number of likely N-dealkylation sites (N-methyl/N-ethyl adjacent to an activating group) is 1. The highest BCUT2D eigenvalue weighted by atomic mass is 35.5. The van der Waals surface area contributed by atoms with Crippen molar-refractivity contribution in [2.75, 3.05) is 20.6 Å². The summed E-state index contributed by atoms with van der Waals surface area (Å²) in [6.07, 6.45) is 4.70. The first-order chi connectivity index (χ1) is 13.7. The smallest absolute Gasteiger partial charge is 0.241 e. The maximum Gasteiger partial charge on any atom is 0.241 e. The molecule has 0 aromatic heterocycles. The second-order valence-corrected chi connectivity index (χ2v) is 10.1. The molecule has 1 aliphatic carbocycles. The Labute approximate surface area is 183 Å². The van der Waals surface area contributed by atoms with Gasteiger partial charge in [-0.1, -0.05) is 29.3 Å². The summed E-state index contributed by atoms with van der Waals surface area (Å²) in [6, 6.07) is 11.3. The van der Waals surface area contributed by atoms with E-state index in [1.807, 2.05) is 19.0 Å². The lowest BCUT2D eigenvalue weighted by Gasteiger charge is -2.23. The summed E-state index contributed by atoms with van der Waals surface area (Å²) in [5, 5.41) is 0.820. The van der Waals surface area contributed by atoms with Gasteiger partial charge in [0.2, 0.25) is 10.0 Å². The van der Waals surface area contributed by atoms with Crippen LogP contribution in [-0.2, 0) is 10.0 Å². The van der Waals surface area contributed by atoms with Crippen molar-refractivity contribution in [1.82, 2.24) is 9.62 Å². The van der Waals surface area contributed by atoms with Crippen LogP contribution in [0.3, 0.4) is 0 Å². The molecule has 1 N–H and O–H groups in total. The van der Waals surface area contributed by atoms with E-state index in [0.717, 1.165) is 18.4 Å². The van der Waals surface area contributed by atoms with Crippen molar-refractivity contribution in [2.45, 2.75) is 42.7 Å². The maximum atomic E-state index is 13.0. The molecule has 5 nitrogen and oxygen atoms in total. The van der Waals surface area contributed by atoms with Crippen molar-refractivity contribution in [2.24, 2.45) is 0 Å². The first kappa shape index (κ1) is 22.4. The van der Waals surface area contributed by atoms with Gasteiger partial charge in [-0.2, -0.15) is 0 Å². The highest BCUT2D eigenvalue weighted by Gasteiger charge is 2.23. The van der Waals surface area contributed by atoms with Gasteiger partial charge in [-0.25, -0.2) is 13.1 Å². The standard InChI is InChI=1S/C21H26Cl2N2O3S/c1-25(2)14-21(15-7-12-19(22)20(23)13-15)24-29(26,27)18-10-8-17(9-11-18)28-16-5-3-4-6-16/h7-13,16,21,24H,3-6,14H2,1-2H3. The van der Waals surface area contributed by atoms with Gasteiger partial charge in [0.1, 0.15) is 5.75 Å². The van der Waals surface area contributed by atoms with Crippen LogP contribution in [0.2, 0.25) is 10.0 Å². The number of nitrogens with zero attached hydrogens (tertiary/aromatic N) is 1. The number of ether oxygens (including phenoxy) is 1. The Morgan fingerprint density at radius 3 is 2.31 bits per heavy atom. The fraction of sp³-hybridized carbons (Fsp3) is 0.429. The summed E-state index contributed by atoms with van der Waals surface area (Å²) in [5.41, 5.74) is 0.748. The van der Waals surface area contributed by atoms with Crippen LogP contribution < -0.4 is 9.46 Å². The zero-order chi connectivity index (χ0) is 21.0. The van der Waals surface area contributed by atoms with Crippen LogP contribution in [-0.4, -0.2) is 40.1 Å². The van der Waals surface area contributed by atoms with Crippen LogP contribution in [0.15, 0.2) is 47.4 Å². The predicted octanol–water partition coefficient (Wildman–Crippen LogP) is 4.90. The van der Waals surface area contributed by atoms with Gasteiger partial charge < -0.3 is 9.64 Å². The molecule has 1 saturated carbocycles. The normalized spacial score (nSPS) is 16.3. The van der Waals surface area contributed by atoms with Crippen molar-refractivity contribution in [3.05, 3.63) is 58.1 Å². The molecular weight excluding hydrogens is 431 g/mol. The molecule has 0 amide bonds. The molecule has 0 saturated heterocycles. The highest BCUT2D eigenvalue weighted by Crippen LogP contribution is 2.28. The molecule has 1 fully saturated rings. The van der Waals surface area contributed by atoms with Gasteiger partial charge in [-0.05, 0) is 81.7 Å². The number of benzene rings is 2. The van der Waals surface area contributed by atoms with Gasteiger partial charge in [0.05, 0.1) is 27.1 Å². The molecular formula is C21H26Cl2N2O3S. The molecule has 1 unspecified atom stereocenters. The molecule has 2 aromatic carbocycles. The summed E-state index contributed by atoms with van der Waals surface area (Å²) in [7, 11) is 0.0373. The van der Waals surface area contributed by atoms with Crippen molar-refractivity contribution in [3.63, 3.8) is 0 Å². The van der Waals surface area contributed by atoms with E-state index in [9.17, 15) is 8.42 Å². The Hall–Kier alpha value is -1.31. The van der Waals surface area contributed by atoms with Crippen LogP contribution in [0.5, 0.6) is 5.75 Å². The fourth-order valence-corrected chi connectivity index (χ4v) is 4.98. The quantitative estimate of drug-likeness (QED) is 0.613. The number of halogens is 2. The molecule has 3 rings (SSSR count). The Morgan fingerprint density at radius 2 is 1.72 bits per heavy atom. The summed E-state index contributed by atoms with van der Waals surface area (Å²) in [6.45, 7) is 0.472. The summed E-state index contributed by atoms with van der Waals surface area (Å²) >= 11 is 12.1. The molecule has 0 spiro atoms. The fourth-order valence-electron chi connectivity index (χ4n) is 3.46. The molecule has 158 valence electrons. The van der Waals surface area contributed by atoms with Crippen molar-refractivity contribution in [3.8, 4) is 5.75 Å². The Balaban J connectivity index is 1.77. The van der Waals surface area contributed by atoms with Gasteiger partial charge in [-0.15, -0.1) is 0 Å². The van der Waals surface area contributed by atoms with Crippen LogP contribution in [0.4, 0.5) is 0 Å². The van der Waals surface area contributed by atoms with Gasteiger partial charge >= 0.3 is 0 Å². The summed E-state index contributed by atoms with van der Waals surface area (Å²) in [5.74, 6) is 0.699. The number of nitrogens with one attached hydrogen (secondary N) is 1. The van der Waals surface area contributed by atoms with E-state index in [0.29, 0.717) is 22.3 Å².